The van der Waals surface area contributed by atoms with Crippen LogP contribution < -0.4 is 0 Å². The van der Waals surface area contributed by atoms with Crippen LogP contribution in [0, 0.1) is 0 Å². The van der Waals surface area contributed by atoms with Gasteiger partial charge in [0.05, 0.1) is 0 Å². The van der Waals surface area contributed by atoms with Crippen molar-refractivity contribution in [3.05, 3.63) is 59.4 Å². The van der Waals surface area contributed by atoms with Gasteiger partial charge in [0.2, 0.25) is 0 Å². The Morgan fingerprint density at radius 3 is 2.81 bits per heavy atom. The zero-order valence-electron chi connectivity index (χ0n) is 8.38. The average Bonchev–Trinajstić information content (AvgIpc) is 2.81. The van der Waals surface area contributed by atoms with E-state index in [1.165, 1.54) is 10.8 Å². The van der Waals surface area contributed by atoms with Crippen LogP contribution in [0.2, 0.25) is 5.02 Å². The number of benzene rings is 1. The van der Waals surface area contributed by atoms with Crippen molar-refractivity contribution in [3.8, 4) is 0 Å². The zero-order valence-corrected chi connectivity index (χ0v) is 9.13. The minimum atomic E-state index is -0.204. The van der Waals surface area contributed by atoms with Crippen LogP contribution in [-0.4, -0.2) is 15.7 Å². The Hall–Kier alpha value is -1.87. The van der Waals surface area contributed by atoms with Crippen molar-refractivity contribution >= 4 is 23.6 Å². The van der Waals surface area contributed by atoms with Gasteiger partial charge in [-0.3, -0.25) is 4.79 Å². The molecule has 0 saturated carbocycles. The Bertz CT molecular complexity index is 518. The monoisotopic (exact) mass is 232 g/mol. The molecule has 0 unspecified atom stereocenters. The molecule has 2 rings (SSSR count). The summed E-state index contributed by atoms with van der Waals surface area (Å²) in [6.45, 7) is 0. The van der Waals surface area contributed by atoms with E-state index in [0.29, 0.717) is 5.02 Å². The molecule has 0 aliphatic carbocycles. The van der Waals surface area contributed by atoms with E-state index in [1.54, 1.807) is 30.6 Å². The quantitative estimate of drug-likeness (QED) is 0.747. The number of hydrogen-bond acceptors (Lipinski definition) is 2. The Kier molecular flexibility index (Phi) is 3.17. The molecule has 1 aromatic carbocycles. The number of halogens is 1. The summed E-state index contributed by atoms with van der Waals surface area (Å²) in [6, 6.07) is 9.02. The van der Waals surface area contributed by atoms with Gasteiger partial charge in [-0.15, -0.1) is 0 Å². The smallest absolute Gasteiger partial charge is 0.267 e. The fourth-order valence-electron chi connectivity index (χ4n) is 1.25. The summed E-state index contributed by atoms with van der Waals surface area (Å²) >= 11 is 5.95. The van der Waals surface area contributed by atoms with E-state index in [4.69, 9.17) is 11.6 Å². The first-order valence-corrected chi connectivity index (χ1v) is 5.12. The fraction of sp³-hybridized carbons (Fsp3) is 0. The molecule has 1 aromatic heterocycles. The summed E-state index contributed by atoms with van der Waals surface area (Å²) in [5.74, 6) is -0.204. The van der Waals surface area contributed by atoms with Gasteiger partial charge in [0, 0.05) is 23.5 Å². The van der Waals surface area contributed by atoms with Crippen LogP contribution in [-0.2, 0) is 0 Å². The van der Waals surface area contributed by atoms with Gasteiger partial charge < -0.3 is 0 Å². The molecule has 0 aliphatic heterocycles. The fourth-order valence-corrected chi connectivity index (χ4v) is 1.45. The second-order valence-electron chi connectivity index (χ2n) is 3.14. The molecule has 4 heteroatoms. The van der Waals surface area contributed by atoms with E-state index in [0.717, 1.165) is 5.56 Å². The van der Waals surface area contributed by atoms with Crippen molar-refractivity contribution in [2.24, 2.45) is 0 Å². The third-order valence-electron chi connectivity index (χ3n) is 2.04. The predicted octanol–water partition coefficient (Wildman–Crippen LogP) is 2.89. The highest BCUT2D eigenvalue weighted by Crippen LogP contribution is 2.16. The molecule has 1 heterocycles. The first-order valence-electron chi connectivity index (χ1n) is 4.74. The summed E-state index contributed by atoms with van der Waals surface area (Å²) in [7, 11) is 0. The number of rotatable bonds is 2. The van der Waals surface area contributed by atoms with Crippen molar-refractivity contribution in [3.63, 3.8) is 0 Å². The van der Waals surface area contributed by atoms with Crippen LogP contribution in [0.5, 0.6) is 0 Å². The topological polar surface area (TPSA) is 34.9 Å². The first-order chi connectivity index (χ1) is 7.77. The van der Waals surface area contributed by atoms with E-state index in [2.05, 4.69) is 5.10 Å². The molecule has 0 N–H and O–H groups in total. The Morgan fingerprint density at radius 1 is 1.31 bits per heavy atom. The van der Waals surface area contributed by atoms with Gasteiger partial charge >= 0.3 is 0 Å². The number of hydrogen-bond donors (Lipinski definition) is 0. The number of carbonyl (C=O) groups excluding carboxylic acids is 1. The van der Waals surface area contributed by atoms with E-state index in [9.17, 15) is 4.79 Å². The predicted molar refractivity (Wildman–Crippen MR) is 63.3 cm³/mol. The second kappa shape index (κ2) is 4.77. The van der Waals surface area contributed by atoms with E-state index >= 15 is 0 Å². The van der Waals surface area contributed by atoms with Crippen molar-refractivity contribution < 1.29 is 4.79 Å². The van der Waals surface area contributed by atoms with Crippen LogP contribution in [0.3, 0.4) is 0 Å². The van der Waals surface area contributed by atoms with Crippen LogP contribution >= 0.6 is 11.6 Å². The van der Waals surface area contributed by atoms with Gasteiger partial charge in [0.25, 0.3) is 5.91 Å². The summed E-state index contributed by atoms with van der Waals surface area (Å²) in [5, 5.41) is 4.45. The minimum absolute atomic E-state index is 0.204. The van der Waals surface area contributed by atoms with Crippen LogP contribution in [0.25, 0.3) is 6.08 Å². The van der Waals surface area contributed by atoms with Crippen molar-refractivity contribution in [2.45, 2.75) is 0 Å². The van der Waals surface area contributed by atoms with Crippen LogP contribution in [0.1, 0.15) is 10.4 Å². The molecule has 0 atom stereocenters. The summed E-state index contributed by atoms with van der Waals surface area (Å²) in [6.07, 6.45) is 6.26. The third-order valence-corrected chi connectivity index (χ3v) is 2.39. The molecular weight excluding hydrogens is 224 g/mol. The van der Waals surface area contributed by atoms with Crippen molar-refractivity contribution in [1.82, 2.24) is 9.78 Å². The minimum Gasteiger partial charge on any atom is -0.267 e. The number of allylic oxidation sites excluding steroid dienone is 1. The lowest BCUT2D eigenvalue weighted by Gasteiger charge is -1.96. The Labute approximate surface area is 98.0 Å². The standard InChI is InChI=1S/C12H9ClN2O/c13-11-5-2-1-4-10(11)6-7-12(16)15-9-3-8-14-15/h1-9H. The summed E-state index contributed by atoms with van der Waals surface area (Å²) < 4.78 is 1.26. The second-order valence-corrected chi connectivity index (χ2v) is 3.55. The molecule has 2 aromatic rings. The van der Waals surface area contributed by atoms with Gasteiger partial charge in [0.15, 0.2) is 0 Å². The van der Waals surface area contributed by atoms with E-state index in [1.807, 2.05) is 18.2 Å². The Balaban J connectivity index is 2.16. The molecule has 0 bridgehead atoms. The zero-order chi connectivity index (χ0) is 11.4. The molecule has 0 amide bonds. The van der Waals surface area contributed by atoms with Crippen molar-refractivity contribution in [1.29, 1.82) is 0 Å². The third kappa shape index (κ3) is 2.38. The van der Waals surface area contributed by atoms with E-state index < -0.39 is 0 Å². The highest BCUT2D eigenvalue weighted by atomic mass is 35.5. The highest BCUT2D eigenvalue weighted by Gasteiger charge is 1.99. The lowest BCUT2D eigenvalue weighted by molar-refractivity contribution is 0.0955. The molecule has 0 saturated heterocycles. The van der Waals surface area contributed by atoms with Gasteiger partial charge in [-0.2, -0.15) is 5.10 Å². The average molecular weight is 233 g/mol. The van der Waals surface area contributed by atoms with Crippen LogP contribution in [0.15, 0.2) is 48.8 Å². The maximum atomic E-state index is 11.6. The number of aromatic nitrogens is 2. The summed E-state index contributed by atoms with van der Waals surface area (Å²) in [5.41, 5.74) is 0.810. The highest BCUT2D eigenvalue weighted by molar-refractivity contribution is 6.32. The largest absolute Gasteiger partial charge is 0.270 e. The lowest BCUT2D eigenvalue weighted by atomic mass is 10.2. The molecule has 0 aliphatic rings. The number of nitrogens with zero attached hydrogens (tertiary/aromatic N) is 2. The van der Waals surface area contributed by atoms with E-state index in [-0.39, 0.29) is 5.91 Å². The summed E-state index contributed by atoms with van der Waals surface area (Å²) in [4.78, 5) is 11.6. The molecule has 0 spiro atoms. The molecule has 3 nitrogen and oxygen atoms in total. The first kappa shape index (κ1) is 10.6. The SMILES string of the molecule is O=C(C=Cc1ccccc1Cl)n1cccn1. The van der Waals surface area contributed by atoms with Gasteiger partial charge in [-0.1, -0.05) is 29.8 Å². The molecule has 16 heavy (non-hydrogen) atoms. The number of carbonyl (C=O) groups is 1. The van der Waals surface area contributed by atoms with Gasteiger partial charge in [-0.25, -0.2) is 4.68 Å². The van der Waals surface area contributed by atoms with Gasteiger partial charge in [-0.05, 0) is 23.8 Å². The van der Waals surface area contributed by atoms with Crippen LogP contribution in [0.4, 0.5) is 0 Å². The maximum absolute atomic E-state index is 11.6. The molecule has 80 valence electrons. The Morgan fingerprint density at radius 2 is 2.12 bits per heavy atom. The van der Waals surface area contributed by atoms with Gasteiger partial charge in [0.1, 0.15) is 0 Å². The lowest BCUT2D eigenvalue weighted by Crippen LogP contribution is -2.06. The van der Waals surface area contributed by atoms with Crippen molar-refractivity contribution in [2.75, 3.05) is 0 Å². The molecule has 0 radical (unpaired) electrons. The normalized spacial score (nSPS) is 10.8. The maximum Gasteiger partial charge on any atom is 0.270 e. The molecule has 0 fully saturated rings. The molecular formula is C12H9ClN2O.